The summed E-state index contributed by atoms with van der Waals surface area (Å²) in [5.41, 5.74) is 3.59. The van der Waals surface area contributed by atoms with Crippen molar-refractivity contribution < 1.29 is 23.1 Å². The second-order valence-corrected chi connectivity index (χ2v) is 10.5. The zero-order chi connectivity index (χ0) is 25.0. The number of hydrogen-bond donors (Lipinski definition) is 2. The first-order chi connectivity index (χ1) is 16.7. The molecule has 3 aromatic rings. The molecular weight excluding hydrogens is 466 g/mol. The van der Waals surface area contributed by atoms with Gasteiger partial charge in [-0.25, -0.2) is 0 Å². The highest BCUT2D eigenvalue weighted by Gasteiger charge is 2.29. The molecule has 3 aromatic carbocycles. The number of methoxy groups -OCH3 is 1. The number of nitrogens with zero attached hydrogens (tertiary/aromatic N) is 2. The lowest BCUT2D eigenvalue weighted by molar-refractivity contribution is -0.138. The summed E-state index contributed by atoms with van der Waals surface area (Å²) in [5, 5.41) is 11.3. The van der Waals surface area contributed by atoms with Gasteiger partial charge in [-0.2, -0.15) is 17.4 Å². The van der Waals surface area contributed by atoms with E-state index in [-0.39, 0.29) is 0 Å². The molecule has 0 radical (unpaired) electrons. The van der Waals surface area contributed by atoms with Crippen LogP contribution in [0, 0.1) is 0 Å². The van der Waals surface area contributed by atoms with E-state index in [1.807, 2.05) is 12.1 Å². The highest BCUT2D eigenvalue weighted by Crippen LogP contribution is 2.23. The number of carboxylic acid groups (broad SMARTS) is 1. The molecule has 0 amide bonds. The number of carboxylic acids is 1. The minimum atomic E-state index is -3.82. The van der Waals surface area contributed by atoms with Crippen molar-refractivity contribution in [3.8, 4) is 5.75 Å². The van der Waals surface area contributed by atoms with E-state index >= 15 is 0 Å². The average molecular weight is 498 g/mol. The number of rotatable bonds is 9. The molecule has 0 saturated carbocycles. The summed E-state index contributed by atoms with van der Waals surface area (Å²) in [5.74, 6) is -0.341. The van der Waals surface area contributed by atoms with Gasteiger partial charge in [0.2, 0.25) is 0 Å². The number of carbonyl (C=O) groups is 1. The molecule has 1 fully saturated rings. The van der Waals surface area contributed by atoms with Crippen LogP contribution < -0.4 is 14.4 Å². The first-order valence-electron chi connectivity index (χ1n) is 11.7. The maximum Gasteiger partial charge on any atom is 0.321 e. The van der Waals surface area contributed by atoms with Crippen LogP contribution in [0.25, 0.3) is 10.8 Å². The van der Waals surface area contributed by atoms with Gasteiger partial charge in [-0.1, -0.05) is 36.4 Å². The van der Waals surface area contributed by atoms with Gasteiger partial charge in [0.05, 0.1) is 7.11 Å². The predicted molar refractivity (Wildman–Crippen MR) is 137 cm³/mol. The van der Waals surface area contributed by atoms with Crippen molar-refractivity contribution in [3.63, 3.8) is 0 Å². The lowest BCUT2D eigenvalue weighted by Gasteiger charge is -2.35. The van der Waals surface area contributed by atoms with Gasteiger partial charge in [-0.15, -0.1) is 0 Å². The third-order valence-electron chi connectivity index (χ3n) is 6.39. The van der Waals surface area contributed by atoms with Crippen molar-refractivity contribution in [2.75, 3.05) is 38.2 Å². The average Bonchev–Trinajstić information content (AvgIpc) is 2.87. The number of anilines is 1. The quantitative estimate of drug-likeness (QED) is 0.472. The SMILES string of the molecule is COc1ccc2cc(CCc3ccc(N4CCN(S(=O)(=O)N[C@@H](C)C(=O)O)CC4)cc3)ccc2c1. The Kier molecular flexibility index (Phi) is 7.59. The smallest absolute Gasteiger partial charge is 0.321 e. The molecule has 35 heavy (non-hydrogen) atoms. The Hall–Kier alpha value is -3.14. The van der Waals surface area contributed by atoms with E-state index in [2.05, 4.69) is 58.2 Å². The normalized spacial score (nSPS) is 15.8. The standard InChI is InChI=1S/C26H31N3O5S/c1-19(26(30)31)27-35(32,33)29-15-13-28(14-16-29)24-10-6-20(7-11-24)3-4-21-5-8-23-18-25(34-2)12-9-22(23)17-21/h5-12,17-19,27H,3-4,13-16H2,1-2H3,(H,30,31)/t19-/m0/s1. The van der Waals surface area contributed by atoms with Crippen molar-refractivity contribution in [1.82, 2.24) is 9.03 Å². The summed E-state index contributed by atoms with van der Waals surface area (Å²) < 4.78 is 33.6. The molecule has 1 atom stereocenters. The molecule has 0 unspecified atom stereocenters. The van der Waals surface area contributed by atoms with E-state index in [4.69, 9.17) is 9.84 Å². The molecule has 1 aliphatic rings. The molecule has 0 aliphatic carbocycles. The van der Waals surface area contributed by atoms with Crippen molar-refractivity contribution in [2.24, 2.45) is 0 Å². The van der Waals surface area contributed by atoms with E-state index in [1.54, 1.807) is 7.11 Å². The predicted octanol–water partition coefficient (Wildman–Crippen LogP) is 3.06. The van der Waals surface area contributed by atoms with Gasteiger partial charge in [0.15, 0.2) is 0 Å². The third-order valence-corrected chi connectivity index (χ3v) is 8.09. The van der Waals surface area contributed by atoms with Crippen molar-refractivity contribution >= 4 is 32.6 Å². The zero-order valence-electron chi connectivity index (χ0n) is 20.0. The third kappa shape index (κ3) is 6.11. The van der Waals surface area contributed by atoms with E-state index in [0.717, 1.165) is 29.7 Å². The highest BCUT2D eigenvalue weighted by molar-refractivity contribution is 7.87. The van der Waals surface area contributed by atoms with Crippen LogP contribution in [0.4, 0.5) is 5.69 Å². The maximum absolute atomic E-state index is 12.4. The van der Waals surface area contributed by atoms with Gasteiger partial charge < -0.3 is 14.7 Å². The number of aliphatic carboxylic acids is 1. The molecule has 1 saturated heterocycles. The highest BCUT2D eigenvalue weighted by atomic mass is 32.2. The van der Waals surface area contributed by atoms with Gasteiger partial charge in [0.1, 0.15) is 11.8 Å². The maximum atomic E-state index is 12.4. The molecule has 186 valence electrons. The van der Waals surface area contributed by atoms with Crippen LogP contribution in [-0.2, 0) is 27.8 Å². The first kappa shape index (κ1) is 25.0. The Morgan fingerprint density at radius 3 is 2.20 bits per heavy atom. The van der Waals surface area contributed by atoms with E-state index in [0.29, 0.717) is 26.2 Å². The van der Waals surface area contributed by atoms with Crippen LogP contribution in [0.2, 0.25) is 0 Å². The fourth-order valence-electron chi connectivity index (χ4n) is 4.25. The lowest BCUT2D eigenvalue weighted by atomic mass is 10.0. The summed E-state index contributed by atoms with van der Waals surface area (Å²) in [6.45, 7) is 3.01. The van der Waals surface area contributed by atoms with Crippen LogP contribution in [0.5, 0.6) is 5.75 Å². The second kappa shape index (κ2) is 10.6. The summed E-state index contributed by atoms with van der Waals surface area (Å²) in [6.07, 6.45) is 1.88. The van der Waals surface area contributed by atoms with Crippen LogP contribution in [0.3, 0.4) is 0 Å². The second-order valence-electron chi connectivity index (χ2n) is 8.78. The van der Waals surface area contributed by atoms with Crippen LogP contribution >= 0.6 is 0 Å². The van der Waals surface area contributed by atoms with E-state index in [9.17, 15) is 13.2 Å². The monoisotopic (exact) mass is 497 g/mol. The minimum absolute atomic E-state index is 0.303. The number of hydrogen-bond acceptors (Lipinski definition) is 5. The molecule has 8 nitrogen and oxygen atoms in total. The zero-order valence-corrected chi connectivity index (χ0v) is 20.8. The molecule has 2 N–H and O–H groups in total. The Morgan fingerprint density at radius 1 is 0.943 bits per heavy atom. The van der Waals surface area contributed by atoms with Gasteiger partial charge >= 0.3 is 5.97 Å². The Labute approximate surface area is 206 Å². The number of fused-ring (bicyclic) bond motifs is 1. The molecule has 4 rings (SSSR count). The van der Waals surface area contributed by atoms with E-state index in [1.165, 1.54) is 27.7 Å². The van der Waals surface area contributed by atoms with Crippen molar-refractivity contribution in [3.05, 3.63) is 71.8 Å². The molecule has 1 aliphatic heterocycles. The molecule has 0 spiro atoms. The Balaban J connectivity index is 1.31. The summed E-state index contributed by atoms with van der Waals surface area (Å²) in [6, 6.07) is 19.9. The fraction of sp³-hybridized carbons (Fsp3) is 0.346. The van der Waals surface area contributed by atoms with Crippen LogP contribution in [0.1, 0.15) is 18.1 Å². The van der Waals surface area contributed by atoms with Crippen LogP contribution in [0.15, 0.2) is 60.7 Å². The van der Waals surface area contributed by atoms with E-state index < -0.39 is 22.2 Å². The van der Waals surface area contributed by atoms with Gasteiger partial charge in [-0.3, -0.25) is 4.79 Å². The molecular formula is C26H31N3O5S. The number of ether oxygens (including phenoxy) is 1. The van der Waals surface area contributed by atoms with Crippen molar-refractivity contribution in [2.45, 2.75) is 25.8 Å². The molecule has 0 aromatic heterocycles. The van der Waals surface area contributed by atoms with Crippen molar-refractivity contribution in [1.29, 1.82) is 0 Å². The Morgan fingerprint density at radius 2 is 1.54 bits per heavy atom. The van der Waals surface area contributed by atoms with Gasteiger partial charge in [0.25, 0.3) is 10.2 Å². The molecule has 1 heterocycles. The summed E-state index contributed by atoms with van der Waals surface area (Å²) in [4.78, 5) is 13.1. The fourth-order valence-corrected chi connectivity index (χ4v) is 5.59. The number of benzene rings is 3. The molecule has 9 heteroatoms. The molecule has 0 bridgehead atoms. The topological polar surface area (TPSA) is 99.2 Å². The summed E-state index contributed by atoms with van der Waals surface area (Å²) in [7, 11) is -2.15. The number of piperazine rings is 1. The largest absolute Gasteiger partial charge is 0.497 e. The number of nitrogens with one attached hydrogen (secondary N) is 1. The van der Waals surface area contributed by atoms with Gasteiger partial charge in [0, 0.05) is 31.9 Å². The Bertz CT molecular complexity index is 1290. The summed E-state index contributed by atoms with van der Waals surface area (Å²) >= 11 is 0. The minimum Gasteiger partial charge on any atom is -0.497 e. The first-order valence-corrected chi connectivity index (χ1v) is 13.1. The number of aryl methyl sites for hydroxylation is 2. The lowest BCUT2D eigenvalue weighted by Crippen LogP contribution is -2.54. The van der Waals surface area contributed by atoms with Crippen LogP contribution in [-0.4, -0.2) is 63.1 Å². The van der Waals surface area contributed by atoms with Gasteiger partial charge in [-0.05, 0) is 65.9 Å².